The molecule has 0 aliphatic carbocycles. The number of Topliss-reactive ketones (excluding diaryl/α,β-unsaturated/α-hetero) is 1. The number of hydrogen-bond acceptors (Lipinski definition) is 3. The molecule has 16 heavy (non-hydrogen) atoms. The molecule has 0 saturated carbocycles. The van der Waals surface area contributed by atoms with E-state index in [-0.39, 0.29) is 12.3 Å². The van der Waals surface area contributed by atoms with Crippen LogP contribution in [0.15, 0.2) is 6.07 Å². The van der Waals surface area contributed by atoms with Crippen LogP contribution in [0.25, 0.3) is 0 Å². The van der Waals surface area contributed by atoms with Crippen molar-refractivity contribution in [3.05, 3.63) is 44.0 Å². The number of benzene rings is 1. The lowest BCUT2D eigenvalue weighted by Crippen LogP contribution is -2.09. The van der Waals surface area contributed by atoms with Gasteiger partial charge in [0, 0.05) is 16.1 Å². The van der Waals surface area contributed by atoms with E-state index in [2.05, 4.69) is 0 Å². The quantitative estimate of drug-likeness (QED) is 0.447. The van der Waals surface area contributed by atoms with Crippen LogP contribution in [0, 0.1) is 30.9 Å². The smallest absolute Gasteiger partial charge is 0.229 e. The van der Waals surface area contributed by atoms with Gasteiger partial charge in [0.25, 0.3) is 0 Å². The van der Waals surface area contributed by atoms with Crippen molar-refractivity contribution in [1.29, 1.82) is 0 Å². The molecule has 0 atom stereocenters. The molecule has 1 rings (SSSR count). The fraction of sp³-hybridized carbons (Fsp3) is 0.417. The number of aryl methyl sites for hydroxylation is 1. The molecular weight excluding hydrogens is 206 g/mol. The molecule has 0 bridgehead atoms. The average molecular weight is 221 g/mol. The summed E-state index contributed by atoms with van der Waals surface area (Å²) in [7, 11) is 0. The van der Waals surface area contributed by atoms with Crippen LogP contribution in [-0.4, -0.2) is 10.7 Å². The largest absolute Gasteiger partial charge is 0.294 e. The lowest BCUT2D eigenvalue weighted by molar-refractivity contribution is -0.496. The van der Waals surface area contributed by atoms with Gasteiger partial charge >= 0.3 is 0 Å². The Morgan fingerprint density at radius 2 is 1.88 bits per heavy atom. The number of nitrogens with zero attached hydrogens (tertiary/aromatic N) is 1. The Labute approximate surface area is 94.4 Å². The van der Waals surface area contributed by atoms with E-state index in [1.807, 2.05) is 20.8 Å². The van der Waals surface area contributed by atoms with Crippen molar-refractivity contribution in [2.24, 2.45) is 0 Å². The van der Waals surface area contributed by atoms with Crippen molar-refractivity contribution in [3.63, 3.8) is 0 Å². The molecular formula is C12H15NO3. The van der Waals surface area contributed by atoms with E-state index in [9.17, 15) is 14.9 Å². The topological polar surface area (TPSA) is 60.2 Å². The predicted octanol–water partition coefficient (Wildman–Crippen LogP) is 2.59. The Morgan fingerprint density at radius 3 is 2.31 bits per heavy atom. The maximum atomic E-state index is 11.5. The molecule has 0 aliphatic heterocycles. The summed E-state index contributed by atoms with van der Waals surface area (Å²) in [4.78, 5) is 21.6. The predicted molar refractivity (Wildman–Crippen MR) is 61.4 cm³/mol. The Morgan fingerprint density at radius 1 is 1.31 bits per heavy atom. The minimum atomic E-state index is -0.407. The molecule has 0 aromatic heterocycles. The number of carbonyl (C=O) groups excluding carboxylic acids is 1. The standard InChI is InChI=1S/C12H15NO3/c1-7-5-11(6-13(15)16)12(10(4)14)9(3)8(7)2/h5H,6H2,1-4H3. The van der Waals surface area contributed by atoms with Crippen LogP contribution < -0.4 is 0 Å². The highest BCUT2D eigenvalue weighted by Gasteiger charge is 2.17. The summed E-state index contributed by atoms with van der Waals surface area (Å²) in [6.07, 6.45) is 0. The third-order valence-electron chi connectivity index (χ3n) is 2.89. The summed E-state index contributed by atoms with van der Waals surface area (Å²) in [5.41, 5.74) is 3.87. The van der Waals surface area contributed by atoms with E-state index in [1.165, 1.54) is 6.92 Å². The number of ketones is 1. The monoisotopic (exact) mass is 221 g/mol. The number of hydrogen-bond donors (Lipinski definition) is 0. The zero-order chi connectivity index (χ0) is 12.5. The Bertz CT molecular complexity index is 464. The summed E-state index contributed by atoms with van der Waals surface area (Å²) < 4.78 is 0. The second-order valence-electron chi connectivity index (χ2n) is 4.02. The molecule has 0 aliphatic rings. The van der Waals surface area contributed by atoms with Crippen LogP contribution in [0.1, 0.15) is 39.5 Å². The molecule has 0 fully saturated rings. The maximum Gasteiger partial charge on any atom is 0.229 e. The second-order valence-corrected chi connectivity index (χ2v) is 4.02. The van der Waals surface area contributed by atoms with Gasteiger partial charge in [-0.2, -0.15) is 0 Å². The SMILES string of the molecule is CC(=O)c1c(C[N+](=O)[O-])cc(C)c(C)c1C. The molecule has 0 saturated heterocycles. The van der Waals surface area contributed by atoms with E-state index < -0.39 is 4.92 Å². The summed E-state index contributed by atoms with van der Waals surface area (Å²) >= 11 is 0. The molecule has 0 amide bonds. The van der Waals surface area contributed by atoms with E-state index in [0.717, 1.165) is 16.7 Å². The summed E-state index contributed by atoms with van der Waals surface area (Å²) in [6.45, 7) is 6.81. The van der Waals surface area contributed by atoms with Crippen molar-refractivity contribution in [2.45, 2.75) is 34.2 Å². The first kappa shape index (κ1) is 12.4. The van der Waals surface area contributed by atoms with Crippen LogP contribution in [0.4, 0.5) is 0 Å². The van der Waals surface area contributed by atoms with Gasteiger partial charge in [0.2, 0.25) is 6.54 Å². The van der Waals surface area contributed by atoms with Crippen molar-refractivity contribution >= 4 is 5.78 Å². The van der Waals surface area contributed by atoms with Crippen molar-refractivity contribution < 1.29 is 9.72 Å². The molecule has 0 heterocycles. The zero-order valence-electron chi connectivity index (χ0n) is 9.96. The van der Waals surface area contributed by atoms with Gasteiger partial charge in [-0.25, -0.2) is 0 Å². The Hall–Kier alpha value is -1.71. The van der Waals surface area contributed by atoms with Gasteiger partial charge < -0.3 is 0 Å². The second kappa shape index (κ2) is 4.43. The highest BCUT2D eigenvalue weighted by atomic mass is 16.6. The van der Waals surface area contributed by atoms with E-state index in [4.69, 9.17) is 0 Å². The Balaban J connectivity index is 3.46. The minimum Gasteiger partial charge on any atom is -0.294 e. The van der Waals surface area contributed by atoms with Crippen LogP contribution in [0.3, 0.4) is 0 Å². The fourth-order valence-corrected chi connectivity index (χ4v) is 1.92. The normalized spacial score (nSPS) is 10.2. The average Bonchev–Trinajstić information content (AvgIpc) is 2.12. The molecule has 1 aromatic carbocycles. The molecule has 0 radical (unpaired) electrons. The first-order valence-electron chi connectivity index (χ1n) is 5.07. The zero-order valence-corrected chi connectivity index (χ0v) is 9.96. The molecule has 1 aromatic rings. The van der Waals surface area contributed by atoms with E-state index in [1.54, 1.807) is 6.07 Å². The molecule has 0 spiro atoms. The summed E-state index contributed by atoms with van der Waals surface area (Å²) in [5.74, 6) is -0.113. The number of nitro groups is 1. The van der Waals surface area contributed by atoms with E-state index >= 15 is 0 Å². The lowest BCUT2D eigenvalue weighted by atomic mass is 9.92. The lowest BCUT2D eigenvalue weighted by Gasteiger charge is -2.12. The van der Waals surface area contributed by atoms with Gasteiger partial charge in [-0.1, -0.05) is 0 Å². The molecule has 4 nitrogen and oxygen atoms in total. The van der Waals surface area contributed by atoms with Crippen molar-refractivity contribution in [3.8, 4) is 0 Å². The van der Waals surface area contributed by atoms with Gasteiger partial charge in [-0.3, -0.25) is 14.9 Å². The van der Waals surface area contributed by atoms with Gasteiger partial charge in [0.1, 0.15) is 0 Å². The first-order valence-corrected chi connectivity index (χ1v) is 5.07. The minimum absolute atomic E-state index is 0.113. The fourth-order valence-electron chi connectivity index (χ4n) is 1.92. The van der Waals surface area contributed by atoms with Crippen LogP contribution in [-0.2, 0) is 6.54 Å². The van der Waals surface area contributed by atoms with Gasteiger partial charge in [0.05, 0.1) is 0 Å². The van der Waals surface area contributed by atoms with Gasteiger partial charge in [0.15, 0.2) is 5.78 Å². The van der Waals surface area contributed by atoms with Crippen molar-refractivity contribution in [1.82, 2.24) is 0 Å². The maximum absolute atomic E-state index is 11.5. The Kier molecular flexibility index (Phi) is 3.42. The summed E-state index contributed by atoms with van der Waals surface area (Å²) in [5, 5.41) is 10.5. The molecule has 4 heteroatoms. The highest BCUT2D eigenvalue weighted by molar-refractivity contribution is 5.97. The number of rotatable bonds is 3. The molecule has 86 valence electrons. The van der Waals surface area contributed by atoms with E-state index in [0.29, 0.717) is 11.1 Å². The van der Waals surface area contributed by atoms with Gasteiger partial charge in [-0.15, -0.1) is 0 Å². The molecule has 0 unspecified atom stereocenters. The first-order chi connectivity index (χ1) is 7.34. The number of carbonyl (C=O) groups is 1. The highest BCUT2D eigenvalue weighted by Crippen LogP contribution is 2.23. The van der Waals surface area contributed by atoms with Crippen LogP contribution in [0.2, 0.25) is 0 Å². The third-order valence-corrected chi connectivity index (χ3v) is 2.89. The van der Waals surface area contributed by atoms with Gasteiger partial charge in [-0.05, 0) is 50.5 Å². The van der Waals surface area contributed by atoms with Crippen LogP contribution in [0.5, 0.6) is 0 Å². The summed E-state index contributed by atoms with van der Waals surface area (Å²) in [6, 6.07) is 1.74. The van der Waals surface area contributed by atoms with Crippen LogP contribution >= 0.6 is 0 Å². The molecule has 0 N–H and O–H groups in total. The third kappa shape index (κ3) is 2.27. The van der Waals surface area contributed by atoms with Crippen molar-refractivity contribution in [2.75, 3.05) is 0 Å².